The number of nitrogens with zero attached hydrogens (tertiary/aromatic N) is 1. The van der Waals surface area contributed by atoms with Crippen molar-refractivity contribution in [3.05, 3.63) is 95.9 Å². The Morgan fingerprint density at radius 2 is 1.91 bits per heavy atom. The summed E-state index contributed by atoms with van der Waals surface area (Å²) in [5, 5.41) is 6.56. The lowest BCUT2D eigenvalue weighted by Crippen LogP contribution is -2.10. The van der Waals surface area contributed by atoms with E-state index in [1.807, 2.05) is 38.1 Å². The monoisotopic (exact) mass is 482 g/mol. The smallest absolute Gasteiger partial charge is 0.249 e. The summed E-state index contributed by atoms with van der Waals surface area (Å²) in [4.78, 5) is 16.8. The quantitative estimate of drug-likeness (QED) is 0.251. The zero-order valence-corrected chi connectivity index (χ0v) is 20.1. The normalized spacial score (nSPS) is 11.7. The molecule has 5 rings (SSSR count). The van der Waals surface area contributed by atoms with Gasteiger partial charge in [-0.2, -0.15) is 0 Å². The van der Waals surface area contributed by atoms with Crippen LogP contribution in [0.25, 0.3) is 38.4 Å². The molecular weight excluding hydrogens is 460 g/mol. The van der Waals surface area contributed by atoms with E-state index >= 15 is 0 Å². The van der Waals surface area contributed by atoms with Crippen LogP contribution >= 0.6 is 11.6 Å². The van der Waals surface area contributed by atoms with Gasteiger partial charge in [-0.05, 0) is 60.0 Å². The van der Waals surface area contributed by atoms with Crippen molar-refractivity contribution in [1.29, 1.82) is 0 Å². The van der Waals surface area contributed by atoms with Crippen molar-refractivity contribution >= 4 is 50.6 Å². The first-order valence-electron chi connectivity index (χ1n) is 11.3. The van der Waals surface area contributed by atoms with Crippen LogP contribution in [0, 0.1) is 0 Å². The molecule has 0 saturated carbocycles. The molecule has 3 aromatic carbocycles. The minimum Gasteiger partial charge on any atom is -0.493 e. The highest BCUT2D eigenvalue weighted by molar-refractivity contribution is 6.30. The van der Waals surface area contributed by atoms with Crippen LogP contribution in [0.4, 0.5) is 5.82 Å². The fourth-order valence-electron chi connectivity index (χ4n) is 4.10. The predicted octanol–water partition coefficient (Wildman–Crippen LogP) is 7.74. The second-order valence-corrected chi connectivity index (χ2v) is 8.60. The molecule has 0 aliphatic carbocycles. The van der Waals surface area contributed by atoms with E-state index in [2.05, 4.69) is 40.6 Å². The minimum absolute atomic E-state index is 0.290. The Kier molecular flexibility index (Phi) is 6.25. The highest BCUT2D eigenvalue weighted by atomic mass is 35.5. The van der Waals surface area contributed by atoms with Gasteiger partial charge < -0.3 is 14.5 Å². The average molecular weight is 483 g/mol. The fraction of sp³-hybridized carbons (Fsp3) is 0.103. The number of nitrogens with one attached hydrogen (secondary N) is 1. The number of pyridine rings is 1. The first-order chi connectivity index (χ1) is 17.0. The maximum absolute atomic E-state index is 12.7. The first kappa shape index (κ1) is 22.7. The molecule has 5 aromatic rings. The summed E-state index contributed by atoms with van der Waals surface area (Å²) in [6.45, 7) is 4.30. The van der Waals surface area contributed by atoms with E-state index in [-0.39, 0.29) is 5.91 Å². The number of halogens is 1. The van der Waals surface area contributed by atoms with E-state index in [0.717, 1.165) is 38.6 Å². The molecule has 1 N–H and O–H groups in total. The number of hydrogen-bond donors (Lipinski definition) is 1. The van der Waals surface area contributed by atoms with E-state index in [0.29, 0.717) is 23.2 Å². The first-order valence-corrected chi connectivity index (χ1v) is 11.7. The number of hydrogen-bond acceptors (Lipinski definition) is 4. The third-order valence-corrected chi connectivity index (χ3v) is 6.01. The van der Waals surface area contributed by atoms with E-state index < -0.39 is 0 Å². The Labute approximate surface area is 208 Å². The number of rotatable bonds is 6. The molecule has 2 aromatic heterocycles. The van der Waals surface area contributed by atoms with Gasteiger partial charge >= 0.3 is 0 Å². The van der Waals surface area contributed by atoms with Gasteiger partial charge in [0.25, 0.3) is 0 Å². The number of benzene rings is 3. The number of carbonyl (C=O) groups is 1. The van der Waals surface area contributed by atoms with Crippen LogP contribution in [0.5, 0.6) is 5.75 Å². The zero-order valence-electron chi connectivity index (χ0n) is 19.3. The standard InChI is InChI=1S/C29H23ClN2O3/c1-3-34-26-15-27-24(25(17-35-27)21-9-8-19-6-4-5-7-20(19)13-21)14-23(26)18(2)12-29(33)32-28-11-10-22(30)16-31-28/h4-17H,3H2,1-2H3,(H,31,32,33)/b18-12+. The molecule has 0 radical (unpaired) electrons. The molecule has 2 heterocycles. The van der Waals surface area contributed by atoms with Crippen LogP contribution < -0.4 is 10.1 Å². The predicted molar refractivity (Wildman–Crippen MR) is 142 cm³/mol. The number of furan rings is 1. The summed E-state index contributed by atoms with van der Waals surface area (Å²) >= 11 is 5.87. The van der Waals surface area contributed by atoms with Crippen molar-refractivity contribution in [1.82, 2.24) is 4.98 Å². The number of allylic oxidation sites excluding steroid dienone is 1. The van der Waals surface area contributed by atoms with Crippen molar-refractivity contribution < 1.29 is 13.9 Å². The number of amides is 1. The highest BCUT2D eigenvalue weighted by Crippen LogP contribution is 2.38. The summed E-state index contributed by atoms with van der Waals surface area (Å²) in [6, 6.07) is 21.9. The van der Waals surface area contributed by atoms with Crippen LogP contribution in [0.2, 0.25) is 5.02 Å². The number of carbonyl (C=O) groups excluding carboxylic acids is 1. The minimum atomic E-state index is -0.290. The molecule has 6 heteroatoms. The van der Waals surface area contributed by atoms with Crippen LogP contribution in [0.1, 0.15) is 19.4 Å². The summed E-state index contributed by atoms with van der Waals surface area (Å²) < 4.78 is 11.8. The molecular formula is C29H23ClN2O3. The van der Waals surface area contributed by atoms with E-state index in [1.165, 1.54) is 17.7 Å². The van der Waals surface area contributed by atoms with E-state index in [1.54, 1.807) is 18.4 Å². The molecule has 5 nitrogen and oxygen atoms in total. The van der Waals surface area contributed by atoms with Gasteiger partial charge in [-0.1, -0.05) is 48.0 Å². The molecule has 0 unspecified atom stereocenters. The molecule has 0 spiro atoms. The van der Waals surface area contributed by atoms with Gasteiger partial charge in [0.05, 0.1) is 17.9 Å². The zero-order chi connectivity index (χ0) is 24.4. The topological polar surface area (TPSA) is 64.4 Å². The molecule has 35 heavy (non-hydrogen) atoms. The Bertz CT molecular complexity index is 1570. The SMILES string of the molecule is CCOc1cc2occ(-c3ccc4ccccc4c3)c2cc1/C(C)=C/C(=O)Nc1ccc(Cl)cn1. The maximum atomic E-state index is 12.7. The lowest BCUT2D eigenvalue weighted by atomic mass is 9.97. The Morgan fingerprint density at radius 3 is 2.69 bits per heavy atom. The Balaban J connectivity index is 1.54. The van der Waals surface area contributed by atoms with Crippen LogP contribution in [0.3, 0.4) is 0 Å². The molecule has 0 atom stereocenters. The number of aromatic nitrogens is 1. The van der Waals surface area contributed by atoms with Crippen molar-refractivity contribution in [3.63, 3.8) is 0 Å². The van der Waals surface area contributed by atoms with E-state index in [9.17, 15) is 4.79 Å². The molecule has 174 valence electrons. The number of ether oxygens (including phenoxy) is 1. The van der Waals surface area contributed by atoms with Gasteiger partial charge in [0.2, 0.25) is 5.91 Å². The molecule has 0 aliphatic rings. The molecule has 0 saturated heterocycles. The van der Waals surface area contributed by atoms with Crippen molar-refractivity contribution in [2.75, 3.05) is 11.9 Å². The number of anilines is 1. The van der Waals surface area contributed by atoms with Gasteiger partial charge in [-0.15, -0.1) is 0 Å². The van der Waals surface area contributed by atoms with Crippen molar-refractivity contribution in [3.8, 4) is 16.9 Å². The van der Waals surface area contributed by atoms with Gasteiger partial charge in [-0.25, -0.2) is 4.98 Å². The van der Waals surface area contributed by atoms with Crippen LogP contribution in [-0.2, 0) is 4.79 Å². The summed E-state index contributed by atoms with van der Waals surface area (Å²) in [5.41, 5.74) is 4.35. The average Bonchev–Trinajstić information content (AvgIpc) is 3.27. The second-order valence-electron chi connectivity index (χ2n) is 8.17. The third-order valence-electron chi connectivity index (χ3n) is 5.79. The Morgan fingerprint density at radius 1 is 1.09 bits per heavy atom. The van der Waals surface area contributed by atoms with Crippen LogP contribution in [0.15, 0.2) is 89.7 Å². The largest absolute Gasteiger partial charge is 0.493 e. The molecule has 0 bridgehead atoms. The van der Waals surface area contributed by atoms with Gasteiger partial charge in [0.15, 0.2) is 0 Å². The summed E-state index contributed by atoms with van der Waals surface area (Å²) in [7, 11) is 0. The Hall–Kier alpha value is -4.09. The lowest BCUT2D eigenvalue weighted by Gasteiger charge is -2.12. The van der Waals surface area contributed by atoms with Crippen LogP contribution in [-0.4, -0.2) is 17.5 Å². The molecule has 0 aliphatic heterocycles. The fourth-order valence-corrected chi connectivity index (χ4v) is 4.22. The van der Waals surface area contributed by atoms with E-state index in [4.69, 9.17) is 20.8 Å². The summed E-state index contributed by atoms with van der Waals surface area (Å²) in [6.07, 6.45) is 4.80. The van der Waals surface area contributed by atoms with Gasteiger partial charge in [-0.3, -0.25) is 4.79 Å². The molecule has 1 amide bonds. The molecule has 0 fully saturated rings. The second kappa shape index (κ2) is 9.65. The van der Waals surface area contributed by atoms with Crippen molar-refractivity contribution in [2.45, 2.75) is 13.8 Å². The summed E-state index contributed by atoms with van der Waals surface area (Å²) in [5.74, 6) is 0.796. The van der Waals surface area contributed by atoms with Gasteiger partial charge in [0.1, 0.15) is 17.2 Å². The maximum Gasteiger partial charge on any atom is 0.249 e. The van der Waals surface area contributed by atoms with Gasteiger partial charge in [0, 0.05) is 34.9 Å². The highest BCUT2D eigenvalue weighted by Gasteiger charge is 2.16. The lowest BCUT2D eigenvalue weighted by molar-refractivity contribution is -0.111. The number of fused-ring (bicyclic) bond motifs is 2. The van der Waals surface area contributed by atoms with Crippen molar-refractivity contribution in [2.24, 2.45) is 0 Å². The third kappa shape index (κ3) is 4.77.